The van der Waals surface area contributed by atoms with Gasteiger partial charge in [0.05, 0.1) is 0 Å². The Labute approximate surface area is 70.5 Å². The predicted octanol–water partition coefficient (Wildman–Crippen LogP) is 0.765. The van der Waals surface area contributed by atoms with Crippen LogP contribution in [0.25, 0.3) is 0 Å². The van der Waals surface area contributed by atoms with Crippen LogP contribution in [0.15, 0.2) is 0 Å². The zero-order chi connectivity index (χ0) is 9.40. The zero-order valence-electron chi connectivity index (χ0n) is 6.79. The minimum absolute atomic E-state index is 0.0192. The second-order valence-electron chi connectivity index (χ2n) is 2.07. The number of carboxylic acids is 1. The van der Waals surface area contributed by atoms with Gasteiger partial charge in [0.2, 0.25) is 0 Å². The van der Waals surface area contributed by atoms with Gasteiger partial charge >= 0.3 is 11.9 Å². The lowest BCUT2D eigenvalue weighted by Gasteiger charge is -1.93. The van der Waals surface area contributed by atoms with Gasteiger partial charge in [0.1, 0.15) is 6.11 Å². The van der Waals surface area contributed by atoms with Gasteiger partial charge in [-0.3, -0.25) is 9.59 Å². The van der Waals surface area contributed by atoms with Crippen molar-refractivity contribution in [3.63, 3.8) is 0 Å². The highest BCUT2D eigenvalue weighted by Gasteiger charge is 2.03. The Balaban J connectivity index is 3.42. The minimum Gasteiger partial charge on any atom is -0.481 e. The van der Waals surface area contributed by atoms with E-state index in [0.717, 1.165) is 0 Å². The van der Waals surface area contributed by atoms with E-state index in [4.69, 9.17) is 5.11 Å². The van der Waals surface area contributed by atoms with Gasteiger partial charge in [-0.05, 0) is 6.42 Å². The van der Waals surface area contributed by atoms with Crippen molar-refractivity contribution in [2.75, 3.05) is 0 Å². The molecular weight excluding hydrogens is 160 g/mol. The molecule has 4 nitrogen and oxygen atoms in total. The Hall–Kier alpha value is -1.50. The Morgan fingerprint density at radius 1 is 1.42 bits per heavy atom. The van der Waals surface area contributed by atoms with E-state index < -0.39 is 11.9 Å². The number of carbonyl (C=O) groups is 2. The van der Waals surface area contributed by atoms with Crippen molar-refractivity contribution < 1.29 is 19.4 Å². The summed E-state index contributed by atoms with van der Waals surface area (Å²) in [5, 5.41) is 8.22. The summed E-state index contributed by atoms with van der Waals surface area (Å²) in [7, 11) is 0. The third-order valence-electron chi connectivity index (χ3n) is 1.04. The van der Waals surface area contributed by atoms with E-state index in [-0.39, 0.29) is 12.8 Å². The molecule has 12 heavy (non-hydrogen) atoms. The summed E-state index contributed by atoms with van der Waals surface area (Å²) in [6.07, 6.45) is 2.51. The summed E-state index contributed by atoms with van der Waals surface area (Å²) in [4.78, 5) is 20.7. The lowest BCUT2D eigenvalue weighted by atomic mass is 10.2. The fourth-order valence-electron chi connectivity index (χ4n) is 0.543. The maximum Gasteiger partial charge on any atom is 0.319 e. The first kappa shape index (κ1) is 10.5. The average molecular weight is 170 g/mol. The highest BCUT2D eigenvalue weighted by atomic mass is 16.5. The van der Waals surface area contributed by atoms with Crippen LogP contribution in [0.2, 0.25) is 0 Å². The molecule has 4 heteroatoms. The van der Waals surface area contributed by atoms with Crippen LogP contribution in [0.4, 0.5) is 0 Å². The Kier molecular flexibility index (Phi) is 5.45. The quantitative estimate of drug-likeness (QED) is 0.500. The van der Waals surface area contributed by atoms with Gasteiger partial charge in [-0.1, -0.05) is 5.92 Å². The van der Waals surface area contributed by atoms with Gasteiger partial charge in [0.25, 0.3) is 0 Å². The van der Waals surface area contributed by atoms with Crippen LogP contribution in [0.1, 0.15) is 26.2 Å². The number of carbonyl (C=O) groups excluding carboxylic acids is 1. The van der Waals surface area contributed by atoms with Crippen molar-refractivity contribution in [2.45, 2.75) is 26.2 Å². The van der Waals surface area contributed by atoms with Gasteiger partial charge < -0.3 is 9.84 Å². The summed E-state index contributed by atoms with van der Waals surface area (Å²) in [6, 6.07) is 0. The first-order valence-electron chi connectivity index (χ1n) is 3.50. The monoisotopic (exact) mass is 170 g/mol. The largest absolute Gasteiger partial charge is 0.481 e. The molecule has 0 fully saturated rings. The Morgan fingerprint density at radius 2 is 2.08 bits per heavy atom. The van der Waals surface area contributed by atoms with Crippen LogP contribution in [-0.2, 0) is 14.3 Å². The van der Waals surface area contributed by atoms with Gasteiger partial charge in [0, 0.05) is 19.8 Å². The second-order valence-corrected chi connectivity index (χ2v) is 2.07. The summed E-state index contributed by atoms with van der Waals surface area (Å²) >= 11 is 0. The Morgan fingerprint density at radius 3 is 2.58 bits per heavy atom. The third-order valence-corrected chi connectivity index (χ3v) is 1.04. The van der Waals surface area contributed by atoms with Crippen LogP contribution < -0.4 is 0 Å². The van der Waals surface area contributed by atoms with Crippen LogP contribution in [0.5, 0.6) is 0 Å². The fraction of sp³-hybridized carbons (Fsp3) is 0.500. The summed E-state index contributed by atoms with van der Waals surface area (Å²) in [5.74, 6) is 0.995. The molecule has 0 saturated heterocycles. The maximum atomic E-state index is 10.7. The smallest absolute Gasteiger partial charge is 0.319 e. The summed E-state index contributed by atoms with van der Waals surface area (Å²) in [5.41, 5.74) is 0. The highest BCUT2D eigenvalue weighted by molar-refractivity contribution is 5.72. The number of carboxylic acid groups (broad SMARTS) is 1. The van der Waals surface area contributed by atoms with E-state index in [1.165, 1.54) is 0 Å². The Bertz CT molecular complexity index is 221. The van der Waals surface area contributed by atoms with E-state index in [0.29, 0.717) is 6.42 Å². The van der Waals surface area contributed by atoms with Crippen LogP contribution >= 0.6 is 0 Å². The SMILES string of the molecule is CC#COC(=O)CCCC(=O)O. The van der Waals surface area contributed by atoms with Crippen molar-refractivity contribution in [1.82, 2.24) is 0 Å². The maximum absolute atomic E-state index is 10.7. The first-order valence-corrected chi connectivity index (χ1v) is 3.50. The van der Waals surface area contributed by atoms with E-state index in [2.05, 4.69) is 16.8 Å². The van der Waals surface area contributed by atoms with Crippen molar-refractivity contribution in [2.24, 2.45) is 0 Å². The zero-order valence-corrected chi connectivity index (χ0v) is 6.79. The molecule has 0 unspecified atom stereocenters. The van der Waals surface area contributed by atoms with Crippen molar-refractivity contribution in [1.29, 1.82) is 0 Å². The standard InChI is InChI=1S/C8H10O4/c1-2-6-12-8(11)5-3-4-7(9)10/h3-5H2,1H3,(H,9,10). The van der Waals surface area contributed by atoms with E-state index in [1.807, 2.05) is 0 Å². The van der Waals surface area contributed by atoms with E-state index in [9.17, 15) is 9.59 Å². The molecule has 0 aromatic carbocycles. The molecule has 0 aliphatic carbocycles. The van der Waals surface area contributed by atoms with Crippen molar-refractivity contribution >= 4 is 11.9 Å². The molecule has 0 radical (unpaired) electrons. The number of aliphatic carboxylic acids is 1. The van der Waals surface area contributed by atoms with Crippen LogP contribution in [-0.4, -0.2) is 17.0 Å². The summed E-state index contributed by atoms with van der Waals surface area (Å²) in [6.45, 7) is 1.55. The highest BCUT2D eigenvalue weighted by Crippen LogP contribution is 1.96. The molecule has 0 bridgehead atoms. The van der Waals surface area contributed by atoms with E-state index >= 15 is 0 Å². The van der Waals surface area contributed by atoms with Crippen molar-refractivity contribution in [3.8, 4) is 12.0 Å². The molecule has 0 aromatic rings. The molecule has 0 saturated carbocycles. The fourth-order valence-corrected chi connectivity index (χ4v) is 0.543. The number of hydrogen-bond acceptors (Lipinski definition) is 3. The topological polar surface area (TPSA) is 63.6 Å². The third kappa shape index (κ3) is 6.62. The molecule has 0 rings (SSSR count). The van der Waals surface area contributed by atoms with Crippen LogP contribution in [0.3, 0.4) is 0 Å². The second kappa shape index (κ2) is 6.23. The molecule has 0 atom stereocenters. The molecule has 0 heterocycles. The minimum atomic E-state index is -0.913. The van der Waals surface area contributed by atoms with Gasteiger partial charge in [0.15, 0.2) is 0 Å². The molecule has 0 aliphatic rings. The number of rotatable bonds is 4. The van der Waals surface area contributed by atoms with Gasteiger partial charge in [-0.25, -0.2) is 0 Å². The van der Waals surface area contributed by atoms with Gasteiger partial charge in [-0.2, -0.15) is 0 Å². The number of hydrogen-bond donors (Lipinski definition) is 1. The lowest BCUT2D eigenvalue weighted by Crippen LogP contribution is -2.02. The molecule has 1 N–H and O–H groups in total. The van der Waals surface area contributed by atoms with E-state index in [1.54, 1.807) is 6.92 Å². The molecule has 0 amide bonds. The molecule has 66 valence electrons. The average Bonchev–Trinajstić information content (AvgIpc) is 2.00. The molecule has 0 aliphatic heterocycles. The number of esters is 1. The summed E-state index contributed by atoms with van der Waals surface area (Å²) < 4.78 is 4.38. The first-order chi connectivity index (χ1) is 5.66. The molecular formula is C8H10O4. The van der Waals surface area contributed by atoms with Gasteiger partial charge in [-0.15, -0.1) is 0 Å². The van der Waals surface area contributed by atoms with Crippen LogP contribution in [0, 0.1) is 12.0 Å². The van der Waals surface area contributed by atoms with Crippen molar-refractivity contribution in [3.05, 3.63) is 0 Å². The number of ether oxygens (including phenoxy) is 1. The normalized spacial score (nSPS) is 8.08. The predicted molar refractivity (Wildman–Crippen MR) is 41.0 cm³/mol. The molecule has 0 aromatic heterocycles. The lowest BCUT2D eigenvalue weighted by molar-refractivity contribution is -0.138. The molecule has 0 spiro atoms.